The SMILES string of the molecule is Brc1ccc(CCn2cncc2C2CCCNC2)s1. The van der Waals surface area contributed by atoms with E-state index in [2.05, 4.69) is 42.9 Å². The molecule has 1 N–H and O–H groups in total. The van der Waals surface area contributed by atoms with Crippen LogP contribution in [0.4, 0.5) is 0 Å². The van der Waals surface area contributed by atoms with E-state index < -0.39 is 0 Å². The zero-order valence-corrected chi connectivity index (χ0v) is 13.2. The summed E-state index contributed by atoms with van der Waals surface area (Å²) in [5.41, 5.74) is 1.39. The van der Waals surface area contributed by atoms with Gasteiger partial charge in [-0.15, -0.1) is 11.3 Å². The summed E-state index contributed by atoms with van der Waals surface area (Å²) in [7, 11) is 0. The summed E-state index contributed by atoms with van der Waals surface area (Å²) in [6.07, 6.45) is 7.66. The molecule has 2 aromatic rings. The van der Waals surface area contributed by atoms with Gasteiger partial charge in [-0.05, 0) is 53.9 Å². The molecule has 102 valence electrons. The van der Waals surface area contributed by atoms with E-state index >= 15 is 0 Å². The lowest BCUT2D eigenvalue weighted by Gasteiger charge is -2.23. The summed E-state index contributed by atoms with van der Waals surface area (Å²) in [5.74, 6) is 0.631. The van der Waals surface area contributed by atoms with E-state index in [1.165, 1.54) is 27.2 Å². The van der Waals surface area contributed by atoms with Crippen molar-refractivity contribution in [2.45, 2.75) is 31.7 Å². The smallest absolute Gasteiger partial charge is 0.0948 e. The summed E-state index contributed by atoms with van der Waals surface area (Å²) < 4.78 is 3.54. The summed E-state index contributed by atoms with van der Waals surface area (Å²) in [5, 5.41) is 3.48. The molecule has 1 saturated heterocycles. The number of piperidine rings is 1. The molecule has 2 aromatic heterocycles. The highest BCUT2D eigenvalue weighted by Crippen LogP contribution is 2.25. The predicted octanol–water partition coefficient (Wildman–Crippen LogP) is 3.42. The first-order chi connectivity index (χ1) is 9.33. The van der Waals surface area contributed by atoms with E-state index in [0.29, 0.717) is 5.92 Å². The van der Waals surface area contributed by atoms with Crippen LogP contribution < -0.4 is 5.32 Å². The highest BCUT2D eigenvalue weighted by atomic mass is 79.9. The Kier molecular flexibility index (Phi) is 4.35. The molecular formula is C14H18BrN3S. The summed E-state index contributed by atoms with van der Waals surface area (Å²) in [6, 6.07) is 4.33. The molecule has 1 fully saturated rings. The van der Waals surface area contributed by atoms with Gasteiger partial charge in [-0.1, -0.05) is 0 Å². The van der Waals surface area contributed by atoms with Crippen molar-refractivity contribution in [2.75, 3.05) is 13.1 Å². The van der Waals surface area contributed by atoms with Crippen LogP contribution >= 0.6 is 27.3 Å². The maximum atomic E-state index is 4.34. The largest absolute Gasteiger partial charge is 0.334 e. The molecule has 0 spiro atoms. The zero-order chi connectivity index (χ0) is 13.1. The molecule has 5 heteroatoms. The van der Waals surface area contributed by atoms with Gasteiger partial charge in [0.1, 0.15) is 0 Å². The molecule has 0 aromatic carbocycles. The van der Waals surface area contributed by atoms with E-state index in [9.17, 15) is 0 Å². The zero-order valence-electron chi connectivity index (χ0n) is 10.8. The molecule has 3 rings (SSSR count). The van der Waals surface area contributed by atoms with Gasteiger partial charge in [0.15, 0.2) is 0 Å². The van der Waals surface area contributed by atoms with Crippen LogP contribution in [0.3, 0.4) is 0 Å². The number of hydrogen-bond donors (Lipinski definition) is 1. The fraction of sp³-hybridized carbons (Fsp3) is 0.500. The van der Waals surface area contributed by atoms with Crippen molar-refractivity contribution in [3.05, 3.63) is 39.0 Å². The number of aromatic nitrogens is 2. The van der Waals surface area contributed by atoms with Gasteiger partial charge in [0.25, 0.3) is 0 Å². The maximum absolute atomic E-state index is 4.34. The van der Waals surface area contributed by atoms with Crippen LogP contribution in [0.1, 0.15) is 29.3 Å². The van der Waals surface area contributed by atoms with Gasteiger partial charge in [0, 0.05) is 35.8 Å². The highest BCUT2D eigenvalue weighted by molar-refractivity contribution is 9.11. The van der Waals surface area contributed by atoms with Crippen LogP contribution in [0.15, 0.2) is 28.4 Å². The number of halogens is 1. The molecule has 3 nitrogen and oxygen atoms in total. The third-order valence-corrected chi connectivity index (χ3v) is 5.37. The van der Waals surface area contributed by atoms with Crippen LogP contribution in [0.5, 0.6) is 0 Å². The number of nitrogens with zero attached hydrogens (tertiary/aromatic N) is 2. The van der Waals surface area contributed by atoms with Gasteiger partial charge in [-0.2, -0.15) is 0 Å². The molecule has 3 heterocycles. The lowest BCUT2D eigenvalue weighted by molar-refractivity contribution is 0.440. The number of aryl methyl sites for hydroxylation is 2. The van der Waals surface area contributed by atoms with Gasteiger partial charge >= 0.3 is 0 Å². The average Bonchev–Trinajstić information content (AvgIpc) is 3.06. The quantitative estimate of drug-likeness (QED) is 0.924. The topological polar surface area (TPSA) is 29.9 Å². The van der Waals surface area contributed by atoms with E-state index in [-0.39, 0.29) is 0 Å². The van der Waals surface area contributed by atoms with Crippen LogP contribution in [-0.4, -0.2) is 22.6 Å². The van der Waals surface area contributed by atoms with E-state index in [0.717, 1.165) is 26.1 Å². The minimum Gasteiger partial charge on any atom is -0.334 e. The van der Waals surface area contributed by atoms with Crippen LogP contribution in [0, 0.1) is 0 Å². The molecule has 19 heavy (non-hydrogen) atoms. The Labute approximate surface area is 126 Å². The number of hydrogen-bond acceptors (Lipinski definition) is 3. The first-order valence-corrected chi connectivity index (χ1v) is 8.39. The summed E-state index contributed by atoms with van der Waals surface area (Å²) in [6.45, 7) is 3.28. The Morgan fingerprint density at radius 2 is 2.42 bits per heavy atom. The molecule has 0 amide bonds. The molecule has 1 aliphatic heterocycles. The van der Waals surface area contributed by atoms with E-state index in [1.807, 2.05) is 23.9 Å². The van der Waals surface area contributed by atoms with E-state index in [4.69, 9.17) is 0 Å². The van der Waals surface area contributed by atoms with Crippen molar-refractivity contribution in [3.63, 3.8) is 0 Å². The predicted molar refractivity (Wildman–Crippen MR) is 82.8 cm³/mol. The molecule has 1 unspecified atom stereocenters. The lowest BCUT2D eigenvalue weighted by atomic mass is 9.96. The molecular weight excluding hydrogens is 322 g/mol. The normalized spacial score (nSPS) is 19.7. The molecule has 0 aliphatic carbocycles. The van der Waals surface area contributed by atoms with Crippen molar-refractivity contribution in [3.8, 4) is 0 Å². The second-order valence-electron chi connectivity index (χ2n) is 5.01. The number of imidazole rings is 1. The number of nitrogens with one attached hydrogen (secondary N) is 1. The Morgan fingerprint density at radius 3 is 3.16 bits per heavy atom. The number of thiophene rings is 1. The fourth-order valence-corrected chi connectivity index (χ4v) is 4.15. The molecule has 1 aliphatic rings. The molecule has 0 saturated carbocycles. The van der Waals surface area contributed by atoms with Gasteiger partial charge in [-0.25, -0.2) is 4.98 Å². The Balaban J connectivity index is 1.66. The van der Waals surface area contributed by atoms with Gasteiger partial charge < -0.3 is 9.88 Å². The van der Waals surface area contributed by atoms with Crippen LogP contribution in [0.2, 0.25) is 0 Å². The minimum absolute atomic E-state index is 0.631. The number of rotatable bonds is 4. The van der Waals surface area contributed by atoms with Crippen molar-refractivity contribution in [2.24, 2.45) is 0 Å². The van der Waals surface area contributed by atoms with Crippen LogP contribution in [0.25, 0.3) is 0 Å². The molecule has 0 bridgehead atoms. The minimum atomic E-state index is 0.631. The standard InChI is InChI=1S/C14H18BrN3S/c15-14-4-3-12(19-14)5-7-18-10-17-9-13(18)11-2-1-6-16-8-11/h3-4,9-11,16H,1-2,5-8H2. The second kappa shape index (κ2) is 6.20. The van der Waals surface area contributed by atoms with Crippen molar-refractivity contribution >= 4 is 27.3 Å². The van der Waals surface area contributed by atoms with Gasteiger partial charge in [-0.3, -0.25) is 0 Å². The third kappa shape index (κ3) is 3.27. The Morgan fingerprint density at radius 1 is 1.47 bits per heavy atom. The first kappa shape index (κ1) is 13.3. The van der Waals surface area contributed by atoms with Gasteiger partial charge in [0.05, 0.1) is 10.1 Å². The lowest BCUT2D eigenvalue weighted by Crippen LogP contribution is -2.29. The molecule has 1 atom stereocenters. The first-order valence-electron chi connectivity index (χ1n) is 6.78. The Bertz CT molecular complexity index is 528. The van der Waals surface area contributed by atoms with Crippen molar-refractivity contribution in [1.82, 2.24) is 14.9 Å². The summed E-state index contributed by atoms with van der Waals surface area (Å²) >= 11 is 5.34. The van der Waals surface area contributed by atoms with Gasteiger partial charge in [0.2, 0.25) is 0 Å². The molecule has 0 radical (unpaired) electrons. The van der Waals surface area contributed by atoms with Crippen molar-refractivity contribution in [1.29, 1.82) is 0 Å². The average molecular weight is 340 g/mol. The third-order valence-electron chi connectivity index (χ3n) is 3.69. The van der Waals surface area contributed by atoms with E-state index in [1.54, 1.807) is 0 Å². The van der Waals surface area contributed by atoms with Crippen LogP contribution in [-0.2, 0) is 13.0 Å². The van der Waals surface area contributed by atoms with Crippen molar-refractivity contribution < 1.29 is 0 Å². The monoisotopic (exact) mass is 339 g/mol. The summed E-state index contributed by atoms with van der Waals surface area (Å²) in [4.78, 5) is 5.77. The second-order valence-corrected chi connectivity index (χ2v) is 7.56. The Hall–Kier alpha value is -0.650. The maximum Gasteiger partial charge on any atom is 0.0948 e. The fourth-order valence-electron chi connectivity index (χ4n) is 2.68. The highest BCUT2D eigenvalue weighted by Gasteiger charge is 2.18.